The molecule has 190 valence electrons. The summed E-state index contributed by atoms with van der Waals surface area (Å²) in [5.74, 6) is -2.28. The Morgan fingerprint density at radius 1 is 1.00 bits per heavy atom. The molecule has 6 nitrogen and oxygen atoms in total. The summed E-state index contributed by atoms with van der Waals surface area (Å²) in [7, 11) is 0. The van der Waals surface area contributed by atoms with E-state index >= 15 is 0 Å². The third-order valence-electron chi connectivity index (χ3n) is 5.39. The first-order chi connectivity index (χ1) is 17.2. The smallest absolute Gasteiger partial charge is 0.251 e. The van der Waals surface area contributed by atoms with Crippen molar-refractivity contribution in [3.05, 3.63) is 98.6 Å². The third-order valence-corrected chi connectivity index (χ3v) is 6.07. The first-order valence-electron chi connectivity index (χ1n) is 11.5. The molecule has 3 rings (SSSR count). The van der Waals surface area contributed by atoms with Crippen LogP contribution in [-0.2, 0) is 11.3 Å². The van der Waals surface area contributed by atoms with Crippen molar-refractivity contribution >= 4 is 40.1 Å². The fraction of sp³-hybridized carbons (Fsp3) is 0.259. The van der Waals surface area contributed by atoms with Crippen LogP contribution in [0.15, 0.2) is 66.7 Å². The Balaban J connectivity index is 1.72. The number of hydrogen-bond acceptors (Lipinski definition) is 4. The lowest BCUT2D eigenvalue weighted by atomic mass is 10.00. The second-order valence-electron chi connectivity index (χ2n) is 8.36. The van der Waals surface area contributed by atoms with Gasteiger partial charge in [-0.1, -0.05) is 19.1 Å². The topological polar surface area (TPSA) is 90.5 Å². The third kappa shape index (κ3) is 8.35. The predicted octanol–water partition coefficient (Wildman–Crippen LogP) is 4.93. The monoisotopic (exact) mass is 607 g/mol. The molecule has 3 aromatic carbocycles. The maximum Gasteiger partial charge on any atom is 0.251 e. The van der Waals surface area contributed by atoms with Crippen molar-refractivity contribution in [1.82, 2.24) is 10.6 Å². The van der Waals surface area contributed by atoms with Crippen LogP contribution in [0.2, 0.25) is 0 Å². The molecule has 9 heteroatoms. The average Bonchev–Trinajstić information content (AvgIpc) is 2.82. The summed E-state index contributed by atoms with van der Waals surface area (Å²) in [5, 5.41) is 19.5. The quantitative estimate of drug-likeness (QED) is 0.233. The van der Waals surface area contributed by atoms with Crippen LogP contribution >= 0.6 is 22.6 Å². The molecule has 0 fully saturated rings. The highest BCUT2D eigenvalue weighted by Gasteiger charge is 2.25. The summed E-state index contributed by atoms with van der Waals surface area (Å²) in [4.78, 5) is 24.7. The van der Waals surface area contributed by atoms with Crippen molar-refractivity contribution in [3.63, 3.8) is 0 Å². The van der Waals surface area contributed by atoms with E-state index in [9.17, 15) is 23.5 Å². The molecule has 0 spiro atoms. The Kier molecular flexibility index (Phi) is 10.3. The number of aliphatic hydroxyl groups excluding tert-OH is 1. The minimum atomic E-state index is -1.18. The lowest BCUT2D eigenvalue weighted by Gasteiger charge is -2.25. The highest BCUT2D eigenvalue weighted by molar-refractivity contribution is 14.1. The first kappa shape index (κ1) is 27.7. The Bertz CT molecular complexity index is 1170. The SMILES string of the molecule is CCCC(=O)Nc1ccc(C(=O)N[C@@H](c2cc(F)cc(F)c2)[C@H](O)CNCc2cccc(I)c2)cc1. The van der Waals surface area contributed by atoms with Crippen LogP contribution in [0.25, 0.3) is 0 Å². The Labute approximate surface area is 222 Å². The van der Waals surface area contributed by atoms with Gasteiger partial charge in [-0.05, 0) is 88.7 Å². The molecule has 0 unspecified atom stereocenters. The molecule has 4 N–H and O–H groups in total. The van der Waals surface area contributed by atoms with Crippen molar-refractivity contribution in [2.45, 2.75) is 38.5 Å². The van der Waals surface area contributed by atoms with Crippen molar-refractivity contribution in [3.8, 4) is 0 Å². The van der Waals surface area contributed by atoms with Gasteiger partial charge >= 0.3 is 0 Å². The van der Waals surface area contributed by atoms with E-state index in [-0.39, 0.29) is 23.6 Å². The van der Waals surface area contributed by atoms with Gasteiger partial charge in [0.2, 0.25) is 5.91 Å². The second kappa shape index (κ2) is 13.4. The van der Waals surface area contributed by atoms with Gasteiger partial charge in [-0.25, -0.2) is 8.78 Å². The predicted molar refractivity (Wildman–Crippen MR) is 143 cm³/mol. The molecule has 0 aliphatic heterocycles. The van der Waals surface area contributed by atoms with Crippen molar-refractivity contribution < 1.29 is 23.5 Å². The Hall–Kier alpha value is -2.89. The number of rotatable bonds is 11. The van der Waals surface area contributed by atoms with Gasteiger partial charge in [0.25, 0.3) is 5.91 Å². The molecule has 0 bridgehead atoms. The second-order valence-corrected chi connectivity index (χ2v) is 9.60. The molecule has 0 heterocycles. The number of carbonyl (C=O) groups is 2. The van der Waals surface area contributed by atoms with E-state index in [1.54, 1.807) is 12.1 Å². The lowest BCUT2D eigenvalue weighted by molar-refractivity contribution is -0.116. The number of benzene rings is 3. The first-order valence-corrected chi connectivity index (χ1v) is 12.6. The summed E-state index contributed by atoms with van der Waals surface area (Å²) < 4.78 is 29.0. The van der Waals surface area contributed by atoms with E-state index in [1.165, 1.54) is 12.1 Å². The summed E-state index contributed by atoms with van der Waals surface area (Å²) in [6.45, 7) is 2.44. The number of amides is 2. The minimum Gasteiger partial charge on any atom is -0.389 e. The molecular weight excluding hydrogens is 579 g/mol. The van der Waals surface area contributed by atoms with Crippen molar-refractivity contribution in [2.24, 2.45) is 0 Å². The maximum absolute atomic E-state index is 13.9. The largest absolute Gasteiger partial charge is 0.389 e. The van der Waals surface area contributed by atoms with E-state index in [0.717, 1.165) is 33.8 Å². The van der Waals surface area contributed by atoms with E-state index in [0.29, 0.717) is 18.7 Å². The van der Waals surface area contributed by atoms with E-state index in [1.807, 2.05) is 31.2 Å². The Morgan fingerprint density at radius 3 is 2.33 bits per heavy atom. The molecule has 0 saturated heterocycles. The zero-order chi connectivity index (χ0) is 26.1. The molecule has 0 aliphatic rings. The van der Waals surface area contributed by atoms with Crippen LogP contribution in [0.1, 0.15) is 47.3 Å². The lowest BCUT2D eigenvalue weighted by Crippen LogP contribution is -2.41. The average molecular weight is 607 g/mol. The molecule has 0 saturated carbocycles. The number of anilines is 1. The van der Waals surface area contributed by atoms with Crippen LogP contribution in [-0.4, -0.2) is 29.6 Å². The maximum atomic E-state index is 13.9. The molecule has 2 atom stereocenters. The summed E-state index contributed by atoms with van der Waals surface area (Å²) in [6.07, 6.45) is -0.0645. The zero-order valence-corrected chi connectivity index (χ0v) is 21.9. The molecule has 36 heavy (non-hydrogen) atoms. The van der Waals surface area contributed by atoms with Gasteiger partial charge in [-0.15, -0.1) is 0 Å². The van der Waals surface area contributed by atoms with Gasteiger partial charge < -0.3 is 21.1 Å². The number of halogens is 3. The number of carbonyl (C=O) groups excluding carboxylic acids is 2. The molecule has 2 amide bonds. The van der Waals surface area contributed by atoms with E-state index in [4.69, 9.17) is 0 Å². The van der Waals surface area contributed by atoms with Gasteiger partial charge in [0, 0.05) is 40.4 Å². The Morgan fingerprint density at radius 2 is 1.69 bits per heavy atom. The van der Waals surface area contributed by atoms with Gasteiger partial charge in [0.15, 0.2) is 0 Å². The van der Waals surface area contributed by atoms with Crippen molar-refractivity contribution in [1.29, 1.82) is 0 Å². The van der Waals surface area contributed by atoms with Gasteiger partial charge in [-0.2, -0.15) is 0 Å². The summed E-state index contributed by atoms with van der Waals surface area (Å²) in [5.41, 5.74) is 1.93. The number of hydrogen-bond donors (Lipinski definition) is 4. The summed E-state index contributed by atoms with van der Waals surface area (Å²) >= 11 is 2.21. The molecule has 0 radical (unpaired) electrons. The van der Waals surface area contributed by atoms with Gasteiger partial charge in [0.1, 0.15) is 11.6 Å². The van der Waals surface area contributed by atoms with Gasteiger partial charge in [-0.3, -0.25) is 9.59 Å². The summed E-state index contributed by atoms with van der Waals surface area (Å²) in [6, 6.07) is 15.9. The standard InChI is InChI=1S/C27H28F2IN3O3/c1-2-4-25(35)32-23-9-7-18(8-10-23)27(36)33-26(19-12-20(28)14-21(29)13-19)24(34)16-31-15-17-5-3-6-22(30)11-17/h3,5-14,24,26,31,34H,2,4,15-16H2,1H3,(H,32,35)(H,33,36)/t24-,26+/m1/s1. The number of nitrogens with one attached hydrogen (secondary N) is 3. The molecule has 0 aliphatic carbocycles. The fourth-order valence-electron chi connectivity index (χ4n) is 3.67. The zero-order valence-electron chi connectivity index (χ0n) is 19.7. The highest BCUT2D eigenvalue weighted by atomic mass is 127. The highest BCUT2D eigenvalue weighted by Crippen LogP contribution is 2.21. The molecule has 3 aromatic rings. The molecular formula is C27H28F2IN3O3. The normalized spacial score (nSPS) is 12.6. The fourth-order valence-corrected chi connectivity index (χ4v) is 4.27. The van der Waals surface area contributed by atoms with Crippen molar-refractivity contribution in [2.75, 3.05) is 11.9 Å². The number of aliphatic hydroxyl groups is 1. The van der Waals surface area contributed by atoms with Crippen LogP contribution < -0.4 is 16.0 Å². The van der Waals surface area contributed by atoms with Crippen LogP contribution in [0.5, 0.6) is 0 Å². The van der Waals surface area contributed by atoms with Crippen LogP contribution in [0.3, 0.4) is 0 Å². The van der Waals surface area contributed by atoms with E-state index in [2.05, 4.69) is 38.5 Å². The minimum absolute atomic E-state index is 0.0664. The van der Waals surface area contributed by atoms with Crippen LogP contribution in [0, 0.1) is 15.2 Å². The van der Waals surface area contributed by atoms with Gasteiger partial charge in [0.05, 0.1) is 12.1 Å². The van der Waals surface area contributed by atoms with E-state index < -0.39 is 29.7 Å². The van der Waals surface area contributed by atoms with Crippen LogP contribution in [0.4, 0.5) is 14.5 Å². The molecule has 0 aromatic heterocycles.